The van der Waals surface area contributed by atoms with Gasteiger partial charge in [0.1, 0.15) is 5.75 Å². The molecule has 134 valence electrons. The largest absolute Gasteiger partial charge is 0.497 e. The third-order valence-corrected chi connectivity index (χ3v) is 4.96. The highest BCUT2D eigenvalue weighted by Gasteiger charge is 2.28. The summed E-state index contributed by atoms with van der Waals surface area (Å²) in [6, 6.07) is 15.7. The van der Waals surface area contributed by atoms with Crippen molar-refractivity contribution in [3.63, 3.8) is 0 Å². The Morgan fingerprint density at radius 3 is 2.88 bits per heavy atom. The molecule has 3 aromatic rings. The summed E-state index contributed by atoms with van der Waals surface area (Å²) in [6.07, 6.45) is 1.02. The minimum Gasteiger partial charge on any atom is -0.497 e. The van der Waals surface area contributed by atoms with Gasteiger partial charge in [0.2, 0.25) is 11.7 Å². The van der Waals surface area contributed by atoms with Gasteiger partial charge in [-0.25, -0.2) is 0 Å². The van der Waals surface area contributed by atoms with Crippen LogP contribution in [0, 0.1) is 0 Å². The van der Waals surface area contributed by atoms with Crippen LogP contribution in [0.15, 0.2) is 53.1 Å². The van der Waals surface area contributed by atoms with E-state index in [9.17, 15) is 0 Å². The quantitative estimate of drug-likeness (QED) is 0.667. The summed E-state index contributed by atoms with van der Waals surface area (Å²) in [5, 5.41) is 4.92. The molecule has 1 saturated heterocycles. The van der Waals surface area contributed by atoms with Crippen LogP contribution in [0.1, 0.15) is 23.8 Å². The van der Waals surface area contributed by atoms with E-state index >= 15 is 0 Å². The second-order valence-electron chi connectivity index (χ2n) is 6.54. The Morgan fingerprint density at radius 1 is 1.23 bits per heavy atom. The summed E-state index contributed by atoms with van der Waals surface area (Å²) < 4.78 is 10.8. The molecule has 1 aliphatic heterocycles. The Kier molecular flexibility index (Phi) is 4.91. The lowest BCUT2D eigenvalue weighted by atomic mass is 10.1. The molecule has 0 unspecified atom stereocenters. The summed E-state index contributed by atoms with van der Waals surface area (Å²) in [7, 11) is 1.65. The van der Waals surface area contributed by atoms with Crippen LogP contribution in [0.3, 0.4) is 0 Å². The predicted octanol–water partition coefficient (Wildman–Crippen LogP) is 4.39. The number of halogens is 1. The molecule has 0 N–H and O–H groups in total. The van der Waals surface area contributed by atoms with E-state index < -0.39 is 0 Å². The zero-order chi connectivity index (χ0) is 17.9. The number of hydrogen-bond acceptors (Lipinski definition) is 5. The fourth-order valence-corrected chi connectivity index (χ4v) is 3.43. The molecular formula is C20H20ClN3O2. The average Bonchev–Trinajstić information content (AvgIpc) is 3.33. The highest BCUT2D eigenvalue weighted by atomic mass is 35.5. The lowest BCUT2D eigenvalue weighted by Crippen LogP contribution is -2.19. The third kappa shape index (κ3) is 3.74. The van der Waals surface area contributed by atoms with Gasteiger partial charge in [0.15, 0.2) is 0 Å². The maximum Gasteiger partial charge on any atom is 0.231 e. The number of likely N-dealkylation sites (tertiary alicyclic amines) is 1. The van der Waals surface area contributed by atoms with Gasteiger partial charge in [0.25, 0.3) is 0 Å². The van der Waals surface area contributed by atoms with Gasteiger partial charge in [-0.05, 0) is 42.8 Å². The minimum atomic E-state index is 0.272. The molecule has 2 heterocycles. The number of hydrogen-bond donors (Lipinski definition) is 0. The van der Waals surface area contributed by atoms with Gasteiger partial charge in [-0.1, -0.05) is 41.0 Å². The lowest BCUT2D eigenvalue weighted by molar-refractivity contribution is 0.309. The van der Waals surface area contributed by atoms with Gasteiger partial charge in [0.05, 0.1) is 13.0 Å². The number of nitrogens with zero attached hydrogens (tertiary/aromatic N) is 3. The highest BCUT2D eigenvalue weighted by molar-refractivity contribution is 6.30. The monoisotopic (exact) mass is 369 g/mol. The molecule has 0 bridgehead atoms. The highest BCUT2D eigenvalue weighted by Crippen LogP contribution is 2.29. The van der Waals surface area contributed by atoms with E-state index in [0.717, 1.165) is 42.4 Å². The molecule has 1 atom stereocenters. The van der Waals surface area contributed by atoms with Crippen molar-refractivity contribution in [2.45, 2.75) is 18.9 Å². The summed E-state index contributed by atoms with van der Waals surface area (Å²) >= 11 is 5.95. The van der Waals surface area contributed by atoms with Crippen LogP contribution >= 0.6 is 11.6 Å². The predicted molar refractivity (Wildman–Crippen MR) is 100 cm³/mol. The molecule has 26 heavy (non-hydrogen) atoms. The smallest absolute Gasteiger partial charge is 0.231 e. The first-order chi connectivity index (χ1) is 12.7. The molecule has 0 spiro atoms. The van der Waals surface area contributed by atoms with Crippen LogP contribution in [0.2, 0.25) is 5.02 Å². The van der Waals surface area contributed by atoms with Crippen molar-refractivity contribution < 1.29 is 9.26 Å². The van der Waals surface area contributed by atoms with Gasteiger partial charge in [0, 0.05) is 23.7 Å². The van der Waals surface area contributed by atoms with Crippen LogP contribution in [-0.2, 0) is 6.54 Å². The van der Waals surface area contributed by atoms with Crippen LogP contribution in [0.5, 0.6) is 5.75 Å². The average molecular weight is 370 g/mol. The first kappa shape index (κ1) is 17.1. The van der Waals surface area contributed by atoms with Gasteiger partial charge in [-0.15, -0.1) is 0 Å². The molecule has 1 aromatic heterocycles. The Labute approximate surface area is 157 Å². The zero-order valence-corrected chi connectivity index (χ0v) is 15.3. The van der Waals surface area contributed by atoms with Crippen LogP contribution in [-0.4, -0.2) is 35.2 Å². The molecule has 2 aromatic carbocycles. The molecule has 5 nitrogen and oxygen atoms in total. The molecule has 0 aliphatic carbocycles. The number of ether oxygens (including phenoxy) is 1. The van der Waals surface area contributed by atoms with Crippen LogP contribution in [0.25, 0.3) is 11.4 Å². The van der Waals surface area contributed by atoms with Crippen molar-refractivity contribution in [2.75, 3.05) is 20.2 Å². The van der Waals surface area contributed by atoms with E-state index in [-0.39, 0.29) is 5.92 Å². The van der Waals surface area contributed by atoms with Crippen molar-refractivity contribution in [3.05, 3.63) is 65.0 Å². The van der Waals surface area contributed by atoms with Crippen molar-refractivity contribution in [1.82, 2.24) is 15.0 Å². The summed E-state index contributed by atoms with van der Waals surface area (Å²) in [6.45, 7) is 2.84. The maximum absolute atomic E-state index is 5.95. The fourth-order valence-electron chi connectivity index (χ4n) is 3.31. The van der Waals surface area contributed by atoms with Crippen molar-refractivity contribution in [3.8, 4) is 17.1 Å². The molecule has 6 heteroatoms. The number of benzene rings is 2. The summed E-state index contributed by atoms with van der Waals surface area (Å²) in [4.78, 5) is 7.02. The minimum absolute atomic E-state index is 0.272. The standard InChI is InChI=1S/C20H20ClN3O2/c1-25-18-4-2-3-15(11-18)19-22-20(26-23-19)16-9-10-24(13-16)12-14-5-7-17(21)8-6-14/h2-8,11,16H,9-10,12-13H2,1H3/t16-/m1/s1. The van der Waals surface area contributed by atoms with E-state index in [2.05, 4.69) is 27.2 Å². The second kappa shape index (κ2) is 7.48. The van der Waals surface area contributed by atoms with Crippen LogP contribution < -0.4 is 4.74 Å². The molecule has 4 rings (SSSR count). The van der Waals surface area contributed by atoms with E-state index in [1.54, 1.807) is 7.11 Å². The third-order valence-electron chi connectivity index (χ3n) is 4.71. The molecule has 1 fully saturated rings. The Bertz CT molecular complexity index is 879. The Balaban J connectivity index is 1.42. The number of rotatable bonds is 5. The van der Waals surface area contributed by atoms with Crippen molar-refractivity contribution in [1.29, 1.82) is 0 Å². The van der Waals surface area contributed by atoms with E-state index in [0.29, 0.717) is 11.7 Å². The Hall–Kier alpha value is -2.37. The van der Waals surface area contributed by atoms with E-state index in [1.165, 1.54) is 5.56 Å². The maximum atomic E-state index is 5.95. The van der Waals surface area contributed by atoms with Crippen LogP contribution in [0.4, 0.5) is 0 Å². The van der Waals surface area contributed by atoms with Crippen molar-refractivity contribution >= 4 is 11.6 Å². The first-order valence-electron chi connectivity index (χ1n) is 8.66. The van der Waals surface area contributed by atoms with Gasteiger partial charge < -0.3 is 9.26 Å². The van der Waals surface area contributed by atoms with Gasteiger partial charge in [-0.2, -0.15) is 4.98 Å². The molecular weight excluding hydrogens is 350 g/mol. The zero-order valence-electron chi connectivity index (χ0n) is 14.6. The molecule has 0 radical (unpaired) electrons. The molecule has 0 saturated carbocycles. The first-order valence-corrected chi connectivity index (χ1v) is 9.04. The molecule has 0 amide bonds. The normalized spacial score (nSPS) is 17.5. The van der Waals surface area contributed by atoms with E-state index in [4.69, 9.17) is 20.9 Å². The molecule has 1 aliphatic rings. The fraction of sp³-hybridized carbons (Fsp3) is 0.300. The Morgan fingerprint density at radius 2 is 2.08 bits per heavy atom. The van der Waals surface area contributed by atoms with E-state index in [1.807, 2.05) is 36.4 Å². The summed E-state index contributed by atoms with van der Waals surface area (Å²) in [5.74, 6) is 2.37. The van der Waals surface area contributed by atoms with Gasteiger partial charge >= 0.3 is 0 Å². The lowest BCUT2D eigenvalue weighted by Gasteiger charge is -2.15. The summed E-state index contributed by atoms with van der Waals surface area (Å²) in [5.41, 5.74) is 2.16. The SMILES string of the molecule is COc1cccc(-c2noc([C@@H]3CCN(Cc4ccc(Cl)cc4)C3)n2)c1. The van der Waals surface area contributed by atoms with Gasteiger partial charge in [-0.3, -0.25) is 4.90 Å². The second-order valence-corrected chi connectivity index (χ2v) is 6.97. The van der Waals surface area contributed by atoms with Crippen molar-refractivity contribution in [2.24, 2.45) is 0 Å². The number of aromatic nitrogens is 2. The number of methoxy groups -OCH3 is 1. The topological polar surface area (TPSA) is 51.4 Å².